The van der Waals surface area contributed by atoms with Crippen LogP contribution < -0.4 is 10.6 Å². The molecule has 8 unspecified atom stereocenters. The van der Waals surface area contributed by atoms with E-state index in [1.807, 2.05) is 31.1 Å². The maximum atomic E-state index is 14.0. The van der Waals surface area contributed by atoms with Crippen LogP contribution in [-0.2, 0) is 19.1 Å². The molecular formula is C29H38Cl2N4O4. The number of carbonyl (C=O) groups is 3. The molecule has 1 saturated carbocycles. The van der Waals surface area contributed by atoms with E-state index in [-0.39, 0.29) is 23.8 Å². The van der Waals surface area contributed by atoms with E-state index in [2.05, 4.69) is 24.5 Å². The molecule has 3 amide bonds. The second kappa shape index (κ2) is 11.0. The SMILES string of the molecule is CC1CCCC(NC(=O)C2N(CCCN(C)C)C(=O)C3C(C(=O)Nc4cc(Cl)cc(Cl)c4)C4C=CC32O4)C1C. The summed E-state index contributed by atoms with van der Waals surface area (Å²) in [4.78, 5) is 45.4. The van der Waals surface area contributed by atoms with Gasteiger partial charge in [-0.3, -0.25) is 14.4 Å². The van der Waals surface area contributed by atoms with Crippen LogP contribution in [0.25, 0.3) is 0 Å². The fraction of sp³-hybridized carbons (Fsp3) is 0.621. The number of nitrogens with zero attached hydrogens (tertiary/aromatic N) is 2. The van der Waals surface area contributed by atoms with Crippen LogP contribution in [0.15, 0.2) is 30.4 Å². The lowest BCUT2D eigenvalue weighted by atomic mass is 9.73. The number of carbonyl (C=O) groups excluding carboxylic acids is 3. The summed E-state index contributed by atoms with van der Waals surface area (Å²) in [6.45, 7) is 5.59. The Bertz CT molecular complexity index is 1160. The quantitative estimate of drug-likeness (QED) is 0.457. The summed E-state index contributed by atoms with van der Waals surface area (Å²) in [5.41, 5.74) is -0.733. The molecule has 2 saturated heterocycles. The molecule has 10 heteroatoms. The highest BCUT2D eigenvalue weighted by atomic mass is 35.5. The third-order valence-corrected chi connectivity index (χ3v) is 9.53. The minimum atomic E-state index is -1.18. The Kier molecular flexibility index (Phi) is 8.04. The maximum absolute atomic E-state index is 14.0. The Balaban J connectivity index is 1.43. The third kappa shape index (κ3) is 5.21. The lowest BCUT2D eigenvalue weighted by Gasteiger charge is -2.38. The molecule has 3 aliphatic heterocycles. The minimum Gasteiger partial charge on any atom is -0.359 e. The van der Waals surface area contributed by atoms with Crippen LogP contribution in [0.4, 0.5) is 5.69 Å². The van der Waals surface area contributed by atoms with Gasteiger partial charge in [-0.15, -0.1) is 0 Å². The highest BCUT2D eigenvalue weighted by molar-refractivity contribution is 6.35. The van der Waals surface area contributed by atoms with E-state index < -0.39 is 29.6 Å². The maximum Gasteiger partial charge on any atom is 0.246 e. The van der Waals surface area contributed by atoms with Gasteiger partial charge < -0.3 is 25.2 Å². The molecular weight excluding hydrogens is 539 g/mol. The van der Waals surface area contributed by atoms with Gasteiger partial charge in [-0.2, -0.15) is 0 Å². The Morgan fingerprint density at radius 2 is 1.85 bits per heavy atom. The summed E-state index contributed by atoms with van der Waals surface area (Å²) in [6.07, 6.45) is 6.92. The molecule has 8 nitrogen and oxygen atoms in total. The van der Waals surface area contributed by atoms with Crippen LogP contribution in [0, 0.1) is 23.7 Å². The molecule has 1 aliphatic carbocycles. The van der Waals surface area contributed by atoms with Gasteiger partial charge in [-0.25, -0.2) is 0 Å². The van der Waals surface area contributed by atoms with Gasteiger partial charge in [0.2, 0.25) is 17.7 Å². The first-order chi connectivity index (χ1) is 18.5. The number of anilines is 1. The molecule has 3 fully saturated rings. The summed E-state index contributed by atoms with van der Waals surface area (Å²) in [5, 5.41) is 6.95. The van der Waals surface area contributed by atoms with Crippen LogP contribution in [0.1, 0.15) is 39.5 Å². The molecule has 2 bridgehead atoms. The predicted octanol–water partition coefficient (Wildman–Crippen LogP) is 3.98. The highest BCUT2D eigenvalue weighted by Crippen LogP contribution is 2.55. The molecule has 0 radical (unpaired) electrons. The Morgan fingerprint density at radius 3 is 2.54 bits per heavy atom. The van der Waals surface area contributed by atoms with Gasteiger partial charge >= 0.3 is 0 Å². The lowest BCUT2D eigenvalue weighted by molar-refractivity contribution is -0.141. The van der Waals surface area contributed by atoms with Gasteiger partial charge in [0.15, 0.2) is 0 Å². The summed E-state index contributed by atoms with van der Waals surface area (Å²) in [7, 11) is 3.95. The lowest BCUT2D eigenvalue weighted by Crippen LogP contribution is -2.58. The molecule has 0 aromatic heterocycles. The van der Waals surface area contributed by atoms with Gasteiger partial charge in [-0.1, -0.05) is 62.0 Å². The average molecular weight is 578 g/mol. The van der Waals surface area contributed by atoms with E-state index in [4.69, 9.17) is 27.9 Å². The monoisotopic (exact) mass is 576 g/mol. The van der Waals surface area contributed by atoms with Crippen LogP contribution in [0.5, 0.6) is 0 Å². The molecule has 5 rings (SSSR count). The van der Waals surface area contributed by atoms with Crippen molar-refractivity contribution in [2.75, 3.05) is 32.5 Å². The molecule has 8 atom stereocenters. The van der Waals surface area contributed by atoms with Crippen LogP contribution in [0.2, 0.25) is 10.0 Å². The number of fused-ring (bicyclic) bond motifs is 1. The van der Waals surface area contributed by atoms with E-state index in [1.165, 1.54) is 0 Å². The molecule has 2 N–H and O–H groups in total. The number of hydrogen-bond acceptors (Lipinski definition) is 5. The highest BCUT2D eigenvalue weighted by Gasteiger charge is 2.72. The van der Waals surface area contributed by atoms with Gasteiger partial charge in [0.25, 0.3) is 0 Å². The van der Waals surface area contributed by atoms with Crippen molar-refractivity contribution < 1.29 is 19.1 Å². The van der Waals surface area contributed by atoms with Crippen molar-refractivity contribution in [2.24, 2.45) is 23.7 Å². The van der Waals surface area contributed by atoms with Crippen molar-refractivity contribution in [3.63, 3.8) is 0 Å². The number of likely N-dealkylation sites (tertiary alicyclic amines) is 1. The fourth-order valence-corrected chi connectivity index (χ4v) is 7.49. The normalized spacial score (nSPS) is 35.0. The number of ether oxygens (including phenoxy) is 1. The minimum absolute atomic E-state index is 0.0460. The molecule has 3 heterocycles. The van der Waals surface area contributed by atoms with E-state index >= 15 is 0 Å². The topological polar surface area (TPSA) is 91.0 Å². The second-order valence-electron chi connectivity index (χ2n) is 11.9. The van der Waals surface area contributed by atoms with Gasteiger partial charge in [0.05, 0.1) is 17.9 Å². The Morgan fingerprint density at radius 1 is 1.13 bits per heavy atom. The largest absolute Gasteiger partial charge is 0.359 e. The molecule has 39 heavy (non-hydrogen) atoms. The van der Waals surface area contributed by atoms with Crippen molar-refractivity contribution in [3.05, 3.63) is 40.4 Å². The number of nitrogens with one attached hydrogen (secondary N) is 2. The van der Waals surface area contributed by atoms with Crippen LogP contribution >= 0.6 is 23.2 Å². The number of rotatable bonds is 8. The molecule has 1 aromatic carbocycles. The van der Waals surface area contributed by atoms with Crippen molar-refractivity contribution in [3.8, 4) is 0 Å². The van der Waals surface area contributed by atoms with Crippen molar-refractivity contribution in [2.45, 2.75) is 63.3 Å². The molecule has 4 aliphatic rings. The summed E-state index contributed by atoms with van der Waals surface area (Å²) in [5.74, 6) is -1.47. The van der Waals surface area contributed by atoms with Crippen molar-refractivity contribution in [1.82, 2.24) is 15.1 Å². The zero-order valence-electron chi connectivity index (χ0n) is 23.0. The molecule has 1 spiro atoms. The van der Waals surface area contributed by atoms with Crippen molar-refractivity contribution in [1.29, 1.82) is 0 Å². The zero-order valence-corrected chi connectivity index (χ0v) is 24.5. The number of benzene rings is 1. The average Bonchev–Trinajstić information content (AvgIpc) is 3.49. The van der Waals surface area contributed by atoms with Gasteiger partial charge in [0.1, 0.15) is 11.6 Å². The van der Waals surface area contributed by atoms with Crippen LogP contribution in [-0.4, -0.2) is 78.5 Å². The molecule has 212 valence electrons. The number of halogens is 2. The number of hydrogen-bond donors (Lipinski definition) is 2. The smallest absolute Gasteiger partial charge is 0.246 e. The van der Waals surface area contributed by atoms with E-state index in [0.717, 1.165) is 25.8 Å². The van der Waals surface area contributed by atoms with Gasteiger partial charge in [-0.05, 0) is 63.5 Å². The van der Waals surface area contributed by atoms with E-state index in [0.29, 0.717) is 40.5 Å². The zero-order chi connectivity index (χ0) is 28.1. The van der Waals surface area contributed by atoms with Crippen molar-refractivity contribution >= 4 is 46.6 Å². The van der Waals surface area contributed by atoms with E-state index in [1.54, 1.807) is 23.1 Å². The van der Waals surface area contributed by atoms with Crippen LogP contribution in [0.3, 0.4) is 0 Å². The third-order valence-electron chi connectivity index (χ3n) is 9.09. The summed E-state index contributed by atoms with van der Waals surface area (Å²) < 4.78 is 6.44. The predicted molar refractivity (Wildman–Crippen MR) is 152 cm³/mol. The first-order valence-electron chi connectivity index (χ1n) is 13.9. The molecule has 1 aromatic rings. The Labute approximate surface area is 240 Å². The fourth-order valence-electron chi connectivity index (χ4n) is 6.96. The second-order valence-corrected chi connectivity index (χ2v) is 12.8. The summed E-state index contributed by atoms with van der Waals surface area (Å²) in [6, 6.07) is 4.02. The number of amides is 3. The van der Waals surface area contributed by atoms with Gasteiger partial charge in [0, 0.05) is 28.3 Å². The Hall–Kier alpha value is -2.13. The first kappa shape index (κ1) is 28.4. The standard InChI is InChI=1S/C29H38Cl2N4O4/c1-16-7-5-8-21(17(16)2)33-27(37)25-29-10-9-22(39-29)23(24(29)28(38)35(25)12-6-11-34(3)4)26(36)32-20-14-18(30)13-19(31)15-20/h9-10,13-17,21-25H,5-8,11-12H2,1-4H3,(H,32,36)(H,33,37). The van der Waals surface area contributed by atoms with E-state index in [9.17, 15) is 14.4 Å². The summed E-state index contributed by atoms with van der Waals surface area (Å²) >= 11 is 12.3. The first-order valence-corrected chi connectivity index (χ1v) is 14.7.